The van der Waals surface area contributed by atoms with E-state index in [1.807, 2.05) is 0 Å². The summed E-state index contributed by atoms with van der Waals surface area (Å²) < 4.78 is 17.0. The van der Waals surface area contributed by atoms with Gasteiger partial charge in [0.2, 0.25) is 0 Å². The number of carbonyl (C=O) groups excluding carboxylic acids is 1. The van der Waals surface area contributed by atoms with Crippen LogP contribution in [-0.4, -0.2) is 19.3 Å². The van der Waals surface area contributed by atoms with Gasteiger partial charge < -0.3 is 4.74 Å². The molecule has 0 aliphatic heterocycles. The summed E-state index contributed by atoms with van der Waals surface area (Å²) >= 11 is 0. The molecule has 0 aliphatic carbocycles. The Morgan fingerprint density at radius 3 is 2.50 bits per heavy atom. The molecule has 2 atom stereocenters. The third-order valence-electron chi connectivity index (χ3n) is 1.51. The zero-order chi connectivity index (χ0) is 8.15. The lowest BCUT2D eigenvalue weighted by Crippen LogP contribution is -2.22. The Hall–Kier alpha value is -0.600. The first kappa shape index (κ1) is 9.40. The highest BCUT2D eigenvalue weighted by molar-refractivity contribution is 5.72. The summed E-state index contributed by atoms with van der Waals surface area (Å²) in [6, 6.07) is 0. The highest BCUT2D eigenvalue weighted by atomic mass is 19.1. The van der Waals surface area contributed by atoms with Crippen molar-refractivity contribution in [2.45, 2.75) is 26.4 Å². The predicted octanol–water partition coefficient (Wildman–Crippen LogP) is 1.54. The van der Waals surface area contributed by atoms with Crippen LogP contribution in [0.3, 0.4) is 0 Å². The van der Waals surface area contributed by atoms with E-state index in [1.54, 1.807) is 6.92 Å². The zero-order valence-corrected chi connectivity index (χ0v) is 6.56. The highest BCUT2D eigenvalue weighted by Gasteiger charge is 2.22. The van der Waals surface area contributed by atoms with E-state index in [2.05, 4.69) is 4.74 Å². The van der Waals surface area contributed by atoms with Crippen molar-refractivity contribution < 1.29 is 13.9 Å². The van der Waals surface area contributed by atoms with Crippen molar-refractivity contribution in [1.29, 1.82) is 0 Å². The molecule has 0 spiro atoms. The summed E-state index contributed by atoms with van der Waals surface area (Å²) in [4.78, 5) is 10.6. The minimum Gasteiger partial charge on any atom is -0.469 e. The lowest BCUT2D eigenvalue weighted by atomic mass is 10.1. The quantitative estimate of drug-likeness (QED) is 0.567. The molecule has 0 N–H and O–H groups in total. The number of carbonyl (C=O) groups is 1. The molecule has 2 nitrogen and oxygen atoms in total. The molecule has 2 unspecified atom stereocenters. The smallest absolute Gasteiger partial charge is 0.311 e. The average molecular weight is 148 g/mol. The van der Waals surface area contributed by atoms with Crippen molar-refractivity contribution in [3.63, 3.8) is 0 Å². The van der Waals surface area contributed by atoms with Crippen molar-refractivity contribution in [2.24, 2.45) is 5.92 Å². The van der Waals surface area contributed by atoms with E-state index in [1.165, 1.54) is 14.0 Å². The van der Waals surface area contributed by atoms with Gasteiger partial charge in [-0.15, -0.1) is 0 Å². The molecule has 0 fully saturated rings. The van der Waals surface area contributed by atoms with Gasteiger partial charge in [0, 0.05) is 0 Å². The number of hydrogen-bond donors (Lipinski definition) is 0. The third kappa shape index (κ3) is 2.33. The Kier molecular flexibility index (Phi) is 4.00. The second-order valence-corrected chi connectivity index (χ2v) is 2.24. The van der Waals surface area contributed by atoms with E-state index in [0.29, 0.717) is 6.42 Å². The van der Waals surface area contributed by atoms with Gasteiger partial charge in [0.25, 0.3) is 0 Å². The summed E-state index contributed by atoms with van der Waals surface area (Å²) in [7, 11) is 1.27. The number of hydrogen-bond acceptors (Lipinski definition) is 2. The first-order valence-corrected chi connectivity index (χ1v) is 3.35. The normalized spacial score (nSPS) is 16.0. The van der Waals surface area contributed by atoms with E-state index in [9.17, 15) is 9.18 Å². The van der Waals surface area contributed by atoms with Crippen molar-refractivity contribution in [3.8, 4) is 0 Å². The van der Waals surface area contributed by atoms with Crippen molar-refractivity contribution in [2.75, 3.05) is 7.11 Å². The lowest BCUT2D eigenvalue weighted by Gasteiger charge is -2.11. The lowest BCUT2D eigenvalue weighted by molar-refractivity contribution is -0.147. The van der Waals surface area contributed by atoms with Gasteiger partial charge >= 0.3 is 5.97 Å². The fourth-order valence-corrected chi connectivity index (χ4v) is 0.687. The SMILES string of the molecule is CCC(F)C(C)C(=O)OC. The van der Waals surface area contributed by atoms with Gasteiger partial charge in [-0.1, -0.05) is 6.92 Å². The standard InChI is InChI=1S/C7H13FO2/c1-4-6(8)5(2)7(9)10-3/h5-6H,4H2,1-3H3. The topological polar surface area (TPSA) is 26.3 Å². The Morgan fingerprint density at radius 1 is 1.70 bits per heavy atom. The molecule has 0 aromatic carbocycles. The van der Waals surface area contributed by atoms with Crippen molar-refractivity contribution in [1.82, 2.24) is 0 Å². The summed E-state index contributed by atoms with van der Waals surface area (Å²) in [5.41, 5.74) is 0. The van der Waals surface area contributed by atoms with Crippen LogP contribution in [0.4, 0.5) is 4.39 Å². The van der Waals surface area contributed by atoms with E-state index in [4.69, 9.17) is 0 Å². The molecule has 0 heterocycles. The first-order chi connectivity index (χ1) is 4.63. The second-order valence-electron chi connectivity index (χ2n) is 2.24. The average Bonchev–Trinajstić information content (AvgIpc) is 2.00. The molecule has 0 aromatic rings. The van der Waals surface area contributed by atoms with E-state index >= 15 is 0 Å². The van der Waals surface area contributed by atoms with E-state index in [-0.39, 0.29) is 0 Å². The summed E-state index contributed by atoms with van der Waals surface area (Å²) in [6.45, 7) is 3.23. The van der Waals surface area contributed by atoms with Crippen LogP contribution in [0, 0.1) is 5.92 Å². The molecule has 0 aromatic heterocycles. The Labute approximate surface area is 60.4 Å². The molecule has 0 saturated carbocycles. The molecule has 10 heavy (non-hydrogen) atoms. The fraction of sp³-hybridized carbons (Fsp3) is 0.857. The molecule has 0 radical (unpaired) electrons. The number of methoxy groups -OCH3 is 1. The van der Waals surface area contributed by atoms with E-state index < -0.39 is 18.1 Å². The molecule has 0 amide bonds. The second kappa shape index (κ2) is 4.25. The van der Waals surface area contributed by atoms with Gasteiger partial charge in [0.1, 0.15) is 6.17 Å². The summed E-state index contributed by atoms with van der Waals surface area (Å²) in [6.07, 6.45) is -0.719. The maximum absolute atomic E-state index is 12.7. The highest BCUT2D eigenvalue weighted by Crippen LogP contribution is 2.11. The molecule has 3 heteroatoms. The van der Waals surface area contributed by atoms with Crippen molar-refractivity contribution >= 4 is 5.97 Å². The van der Waals surface area contributed by atoms with Crippen LogP contribution >= 0.6 is 0 Å². The molecule has 0 rings (SSSR count). The monoisotopic (exact) mass is 148 g/mol. The van der Waals surface area contributed by atoms with Crippen LogP contribution in [-0.2, 0) is 9.53 Å². The Balaban J connectivity index is 3.81. The first-order valence-electron chi connectivity index (χ1n) is 3.35. The molecular weight excluding hydrogens is 135 g/mol. The maximum Gasteiger partial charge on any atom is 0.311 e. The minimum absolute atomic E-state index is 0.357. The zero-order valence-electron chi connectivity index (χ0n) is 6.56. The van der Waals surface area contributed by atoms with Crippen molar-refractivity contribution in [3.05, 3.63) is 0 Å². The molecule has 0 saturated heterocycles. The number of halogens is 1. The van der Waals surface area contributed by atoms with Gasteiger partial charge in [-0.2, -0.15) is 0 Å². The maximum atomic E-state index is 12.7. The Morgan fingerprint density at radius 2 is 2.20 bits per heavy atom. The minimum atomic E-state index is -1.08. The number of alkyl halides is 1. The van der Waals surface area contributed by atoms with Gasteiger partial charge in [0.15, 0.2) is 0 Å². The van der Waals surface area contributed by atoms with Crippen LogP contribution in [0.15, 0.2) is 0 Å². The van der Waals surface area contributed by atoms with Gasteiger partial charge in [-0.05, 0) is 13.3 Å². The van der Waals surface area contributed by atoms with Gasteiger partial charge in [-0.25, -0.2) is 4.39 Å². The number of ether oxygens (including phenoxy) is 1. The molecule has 0 aliphatic rings. The van der Waals surface area contributed by atoms with Gasteiger partial charge in [-0.3, -0.25) is 4.79 Å². The number of rotatable bonds is 3. The Bertz CT molecular complexity index is 114. The molecule has 60 valence electrons. The van der Waals surface area contributed by atoms with E-state index in [0.717, 1.165) is 0 Å². The van der Waals surface area contributed by atoms with Gasteiger partial charge in [0.05, 0.1) is 13.0 Å². The predicted molar refractivity (Wildman–Crippen MR) is 36.4 cm³/mol. The van der Waals surface area contributed by atoms with Crippen LogP contribution in [0.25, 0.3) is 0 Å². The van der Waals surface area contributed by atoms with Crippen LogP contribution in [0.1, 0.15) is 20.3 Å². The molecular formula is C7H13FO2. The number of esters is 1. The summed E-state index contributed by atoms with van der Waals surface area (Å²) in [5.74, 6) is -1.11. The summed E-state index contributed by atoms with van der Waals surface area (Å²) in [5, 5.41) is 0. The van der Waals surface area contributed by atoms with Crippen LogP contribution < -0.4 is 0 Å². The van der Waals surface area contributed by atoms with Crippen LogP contribution in [0.5, 0.6) is 0 Å². The molecule has 0 bridgehead atoms. The fourth-order valence-electron chi connectivity index (χ4n) is 0.687. The third-order valence-corrected chi connectivity index (χ3v) is 1.51. The van der Waals surface area contributed by atoms with Crippen LogP contribution in [0.2, 0.25) is 0 Å². The largest absolute Gasteiger partial charge is 0.469 e.